The van der Waals surface area contributed by atoms with E-state index in [0.29, 0.717) is 42.0 Å². The molecule has 1 aromatic heterocycles. The van der Waals surface area contributed by atoms with Crippen molar-refractivity contribution in [2.75, 3.05) is 51.8 Å². The van der Waals surface area contributed by atoms with E-state index in [-0.39, 0.29) is 53.1 Å². The number of nitrogens with zero attached hydrogens (tertiary/aromatic N) is 7. The van der Waals surface area contributed by atoms with Crippen molar-refractivity contribution in [2.24, 2.45) is 0 Å². The fourth-order valence-corrected chi connectivity index (χ4v) is 9.65. The van der Waals surface area contributed by atoms with Crippen LogP contribution in [-0.2, 0) is 9.59 Å². The Kier molecular flexibility index (Phi) is 7.76. The summed E-state index contributed by atoms with van der Waals surface area (Å²) in [6.07, 6.45) is 5.83. The van der Waals surface area contributed by atoms with Gasteiger partial charge in [0.15, 0.2) is 5.82 Å². The molecule has 1 unspecified atom stereocenters. The third kappa shape index (κ3) is 5.14. The molecule has 0 radical (unpaired) electrons. The van der Waals surface area contributed by atoms with Crippen molar-refractivity contribution in [3.63, 3.8) is 0 Å². The fraction of sp³-hybridized carbons (Fsp3) is 0.462. The number of hydrogen-bond acceptors (Lipinski definition) is 9. The van der Waals surface area contributed by atoms with E-state index in [4.69, 9.17) is 14.7 Å². The Balaban J connectivity index is 1.07. The van der Waals surface area contributed by atoms with Crippen molar-refractivity contribution in [3.05, 3.63) is 54.3 Å². The number of anilines is 1. The molecule has 4 amide bonds. The van der Waals surface area contributed by atoms with Crippen molar-refractivity contribution in [1.29, 1.82) is 0 Å². The lowest BCUT2D eigenvalue weighted by Crippen LogP contribution is -2.57. The lowest BCUT2D eigenvalue weighted by atomic mass is 9.95. The van der Waals surface area contributed by atoms with E-state index in [1.54, 1.807) is 25.2 Å². The number of piperazine rings is 1. The van der Waals surface area contributed by atoms with Gasteiger partial charge < -0.3 is 24.5 Å². The number of imide groups is 1. The van der Waals surface area contributed by atoms with Gasteiger partial charge in [0, 0.05) is 50.2 Å². The van der Waals surface area contributed by atoms with Gasteiger partial charge in [0.25, 0.3) is 5.91 Å². The minimum atomic E-state index is -0.816. The molecule has 3 aromatic carbocycles. The van der Waals surface area contributed by atoms with Gasteiger partial charge in [0.1, 0.15) is 29.7 Å². The van der Waals surface area contributed by atoms with Crippen molar-refractivity contribution >= 4 is 45.3 Å². The summed E-state index contributed by atoms with van der Waals surface area (Å²) in [5.41, 5.74) is 0.962. The van der Waals surface area contributed by atoms with Crippen LogP contribution in [0.15, 0.2) is 48.5 Å². The van der Waals surface area contributed by atoms with Crippen molar-refractivity contribution in [1.82, 2.24) is 29.6 Å². The highest BCUT2D eigenvalue weighted by Gasteiger charge is 2.48. The molecule has 9 rings (SSSR count). The normalized spacial score (nSPS) is 24.2. The van der Waals surface area contributed by atoms with Crippen LogP contribution in [0, 0.1) is 5.82 Å². The molecule has 3 atom stereocenters. The lowest BCUT2D eigenvalue weighted by Gasteiger charge is -2.42. The van der Waals surface area contributed by atoms with Gasteiger partial charge in [0.2, 0.25) is 5.91 Å². The summed E-state index contributed by atoms with van der Waals surface area (Å²) in [4.78, 5) is 57.5. The smallest absolute Gasteiger partial charge is 0.326 e. The number of urea groups is 1. The molecule has 5 saturated heterocycles. The van der Waals surface area contributed by atoms with Gasteiger partial charge in [-0.2, -0.15) is 9.97 Å². The minimum Gasteiger partial charge on any atom is -0.508 e. The predicted molar refractivity (Wildman–Crippen MR) is 193 cm³/mol. The van der Waals surface area contributed by atoms with Crippen LogP contribution in [0.1, 0.15) is 44.9 Å². The van der Waals surface area contributed by atoms with Crippen molar-refractivity contribution in [2.45, 2.75) is 68.6 Å². The van der Waals surface area contributed by atoms with Crippen LogP contribution < -0.4 is 9.64 Å². The molecular formula is C39H42FN7O5. The predicted octanol–water partition coefficient (Wildman–Crippen LogP) is 4.76. The summed E-state index contributed by atoms with van der Waals surface area (Å²) in [6, 6.07) is 13.0. The maximum Gasteiger partial charge on any atom is 0.326 e. The van der Waals surface area contributed by atoms with E-state index in [9.17, 15) is 19.5 Å². The average Bonchev–Trinajstić information content (AvgIpc) is 3.85. The van der Waals surface area contributed by atoms with Crippen LogP contribution in [0.2, 0.25) is 0 Å². The molecule has 13 heteroatoms. The number of amides is 4. The second kappa shape index (κ2) is 12.3. The monoisotopic (exact) mass is 707 g/mol. The third-order valence-corrected chi connectivity index (χ3v) is 12.3. The van der Waals surface area contributed by atoms with Gasteiger partial charge >= 0.3 is 12.0 Å². The highest BCUT2D eigenvalue weighted by Crippen LogP contribution is 2.42. The molecule has 0 aliphatic carbocycles. The molecule has 5 fully saturated rings. The molecule has 6 heterocycles. The maximum absolute atomic E-state index is 17.0. The van der Waals surface area contributed by atoms with Gasteiger partial charge in [-0.15, -0.1) is 0 Å². The Hall–Kier alpha value is -5.04. The van der Waals surface area contributed by atoms with Gasteiger partial charge in [-0.1, -0.05) is 30.3 Å². The topological polar surface area (TPSA) is 123 Å². The number of ether oxygens (including phenoxy) is 1. The second-order valence-electron chi connectivity index (χ2n) is 15.2. The van der Waals surface area contributed by atoms with E-state index >= 15 is 4.39 Å². The first-order valence-electron chi connectivity index (χ1n) is 18.3. The first-order chi connectivity index (χ1) is 25.1. The number of benzene rings is 3. The molecule has 4 aromatic rings. The summed E-state index contributed by atoms with van der Waals surface area (Å²) < 4.78 is 23.4. The molecule has 0 saturated carbocycles. The molecule has 1 N–H and O–H groups in total. The fourth-order valence-electron chi connectivity index (χ4n) is 9.65. The van der Waals surface area contributed by atoms with Crippen molar-refractivity contribution < 1.29 is 28.6 Å². The molecule has 5 aliphatic heterocycles. The van der Waals surface area contributed by atoms with E-state index in [1.165, 1.54) is 11.9 Å². The number of fused-ring (bicyclic) bond motifs is 5. The Morgan fingerprint density at radius 1 is 0.962 bits per heavy atom. The van der Waals surface area contributed by atoms with Crippen LogP contribution in [0.5, 0.6) is 11.8 Å². The van der Waals surface area contributed by atoms with E-state index in [0.717, 1.165) is 67.3 Å². The number of phenols is 1. The Labute approximate surface area is 300 Å². The van der Waals surface area contributed by atoms with Crippen LogP contribution in [0.25, 0.3) is 32.8 Å². The molecule has 2 bridgehead atoms. The number of likely N-dealkylation sites (N-methyl/N-ethyl adjacent to an activating group) is 2. The standard InChI is InChI=1S/C39H42FN7O5/c1-43-31(36(50)44(2)38(43)51)19-32(49)47-24-9-10-25(47)21-45(20-24)35-29-12-11-28(30-18-26(48)17-23-7-3-4-8-27(23)30)33(40)34(29)41-37(42-35)52-22-39-13-5-15-46(39)16-6-14-39/h3-4,7-8,11-12,17-18,24-25,31,48H,5-6,9-10,13-16,19-22H2,1-2H3/t24-,25+,31?. The Bertz CT molecular complexity index is 2120. The van der Waals surface area contributed by atoms with Gasteiger partial charge in [0.05, 0.1) is 12.0 Å². The molecule has 0 spiro atoms. The lowest BCUT2D eigenvalue weighted by molar-refractivity contribution is -0.138. The number of carbonyl (C=O) groups excluding carboxylic acids is 3. The number of aromatic nitrogens is 2. The molecule has 270 valence electrons. The summed E-state index contributed by atoms with van der Waals surface area (Å²) in [7, 11) is 2.99. The summed E-state index contributed by atoms with van der Waals surface area (Å²) in [5, 5.41) is 12.7. The van der Waals surface area contributed by atoms with Gasteiger partial charge in [-0.3, -0.25) is 19.4 Å². The van der Waals surface area contributed by atoms with E-state index < -0.39 is 17.9 Å². The van der Waals surface area contributed by atoms with Gasteiger partial charge in [-0.25, -0.2) is 9.18 Å². The average molecular weight is 708 g/mol. The SMILES string of the molecule is CN1C(=O)C(CC(=O)N2[C@@H]3CC[C@H]2CN(c2nc(OCC45CCCN4CCC5)nc4c(F)c(-c5cc(O)cc6ccccc56)ccc24)C3)N(C)C1=O. The highest BCUT2D eigenvalue weighted by atomic mass is 19.1. The second-order valence-corrected chi connectivity index (χ2v) is 15.2. The van der Waals surface area contributed by atoms with E-state index in [2.05, 4.69) is 9.80 Å². The van der Waals surface area contributed by atoms with Crippen LogP contribution in [0.4, 0.5) is 15.0 Å². The van der Waals surface area contributed by atoms with Crippen LogP contribution in [-0.4, -0.2) is 123 Å². The third-order valence-electron chi connectivity index (χ3n) is 12.3. The number of rotatable bonds is 7. The quantitative estimate of drug-likeness (QED) is 0.271. The Morgan fingerprint density at radius 2 is 1.69 bits per heavy atom. The zero-order valence-corrected chi connectivity index (χ0v) is 29.4. The number of hydrogen-bond donors (Lipinski definition) is 1. The number of halogens is 1. The first-order valence-corrected chi connectivity index (χ1v) is 18.3. The molecule has 5 aliphatic rings. The highest BCUT2D eigenvalue weighted by molar-refractivity contribution is 6.05. The Morgan fingerprint density at radius 3 is 2.40 bits per heavy atom. The van der Waals surface area contributed by atoms with Crippen LogP contribution >= 0.6 is 0 Å². The summed E-state index contributed by atoms with van der Waals surface area (Å²) in [6.45, 7) is 3.47. The first kappa shape index (κ1) is 32.8. The van der Waals surface area contributed by atoms with Crippen LogP contribution in [0.3, 0.4) is 0 Å². The maximum atomic E-state index is 17.0. The molecule has 12 nitrogen and oxygen atoms in total. The summed E-state index contributed by atoms with van der Waals surface area (Å²) in [5.74, 6) is -0.443. The van der Waals surface area contributed by atoms with Gasteiger partial charge in [-0.05, 0) is 86.1 Å². The summed E-state index contributed by atoms with van der Waals surface area (Å²) >= 11 is 0. The van der Waals surface area contributed by atoms with Crippen molar-refractivity contribution in [3.8, 4) is 22.9 Å². The zero-order chi connectivity index (χ0) is 35.9. The van der Waals surface area contributed by atoms with E-state index in [1.807, 2.05) is 35.2 Å². The molecule has 52 heavy (non-hydrogen) atoms. The largest absolute Gasteiger partial charge is 0.508 e. The number of phenolic OH excluding ortho intramolecular Hbond substituents is 1. The number of carbonyl (C=O) groups is 3. The minimum absolute atomic E-state index is 0.0444. The molecular weight excluding hydrogens is 665 g/mol. The number of aromatic hydroxyl groups is 1. The zero-order valence-electron chi connectivity index (χ0n) is 29.4.